The molecule has 0 aliphatic rings. The highest BCUT2D eigenvalue weighted by Gasteiger charge is 2.07. The number of hydrogen-bond donors (Lipinski definition) is 1. The lowest BCUT2D eigenvalue weighted by atomic mass is 10.1. The number of aromatic nitrogens is 1. The van der Waals surface area contributed by atoms with Crippen molar-refractivity contribution in [1.82, 2.24) is 10.3 Å². The van der Waals surface area contributed by atoms with Gasteiger partial charge in [-0.2, -0.15) is 0 Å². The minimum atomic E-state index is -0.0485. The third-order valence-electron chi connectivity index (χ3n) is 2.77. The summed E-state index contributed by atoms with van der Waals surface area (Å²) < 4.78 is 0.954. The summed E-state index contributed by atoms with van der Waals surface area (Å²) in [5.41, 5.74) is 2.83. The summed E-state index contributed by atoms with van der Waals surface area (Å²) in [6.45, 7) is 4.58. The van der Waals surface area contributed by atoms with Crippen LogP contribution in [0, 0.1) is 13.8 Å². The monoisotopic (exact) mass is 338 g/mol. The van der Waals surface area contributed by atoms with E-state index >= 15 is 0 Å². The molecule has 0 saturated carbocycles. The van der Waals surface area contributed by atoms with Gasteiger partial charge in [0.15, 0.2) is 0 Å². The summed E-state index contributed by atoms with van der Waals surface area (Å²) in [5.74, 6) is -0.0485. The normalized spacial score (nSPS) is 10.5. The Morgan fingerprint density at radius 3 is 2.84 bits per heavy atom. The molecule has 5 heteroatoms. The van der Waals surface area contributed by atoms with Crippen LogP contribution in [0.4, 0.5) is 0 Å². The van der Waals surface area contributed by atoms with E-state index in [9.17, 15) is 4.79 Å². The maximum Gasteiger partial charge on any atom is 0.251 e. The number of nitrogens with zero attached hydrogens (tertiary/aromatic N) is 1. The molecule has 0 bridgehead atoms. The van der Waals surface area contributed by atoms with Crippen LogP contribution in [0.25, 0.3) is 0 Å². The first-order valence-electron chi connectivity index (χ1n) is 6.01. The minimum Gasteiger partial charge on any atom is -0.352 e. The molecule has 2 aromatic rings. The van der Waals surface area contributed by atoms with Gasteiger partial charge in [-0.25, -0.2) is 4.98 Å². The number of amides is 1. The van der Waals surface area contributed by atoms with Gasteiger partial charge in [0.1, 0.15) is 0 Å². The fourth-order valence-corrected chi connectivity index (χ4v) is 2.69. The highest BCUT2D eigenvalue weighted by molar-refractivity contribution is 9.10. The van der Waals surface area contributed by atoms with Crippen LogP contribution in [-0.2, 0) is 6.42 Å². The number of carbonyl (C=O) groups is 1. The summed E-state index contributed by atoms with van der Waals surface area (Å²) in [5, 5.41) is 6.00. The molecule has 0 saturated heterocycles. The highest BCUT2D eigenvalue weighted by Crippen LogP contribution is 2.17. The van der Waals surface area contributed by atoms with Crippen molar-refractivity contribution in [3.8, 4) is 0 Å². The van der Waals surface area contributed by atoms with Gasteiger partial charge in [0.25, 0.3) is 5.91 Å². The molecule has 0 atom stereocenters. The Labute approximate surface area is 125 Å². The third-order valence-corrected chi connectivity index (χ3v) is 4.44. The molecule has 0 spiro atoms. The van der Waals surface area contributed by atoms with E-state index in [4.69, 9.17) is 0 Å². The molecule has 0 fully saturated rings. The van der Waals surface area contributed by atoms with Crippen LogP contribution in [0.5, 0.6) is 0 Å². The molecule has 0 unspecified atom stereocenters. The van der Waals surface area contributed by atoms with Gasteiger partial charge in [-0.1, -0.05) is 22.0 Å². The molecule has 0 aliphatic heterocycles. The highest BCUT2D eigenvalue weighted by atomic mass is 79.9. The lowest BCUT2D eigenvalue weighted by Gasteiger charge is -2.05. The number of nitrogens with one attached hydrogen (secondary N) is 1. The Bertz CT molecular complexity index is 595. The lowest BCUT2D eigenvalue weighted by Crippen LogP contribution is -2.25. The minimum absolute atomic E-state index is 0.0485. The summed E-state index contributed by atoms with van der Waals surface area (Å²) in [4.78, 5) is 16.3. The Morgan fingerprint density at radius 1 is 1.42 bits per heavy atom. The molecule has 2 rings (SSSR count). The number of rotatable bonds is 4. The first kappa shape index (κ1) is 14.2. The molecule has 1 heterocycles. The average Bonchev–Trinajstić information content (AvgIpc) is 2.78. The smallest absolute Gasteiger partial charge is 0.251 e. The van der Waals surface area contributed by atoms with Crippen LogP contribution < -0.4 is 5.32 Å². The number of thiazole rings is 1. The molecule has 1 N–H and O–H groups in total. The fraction of sp³-hybridized carbons (Fsp3) is 0.286. The summed E-state index contributed by atoms with van der Waals surface area (Å²) in [7, 11) is 0. The van der Waals surface area contributed by atoms with Crippen molar-refractivity contribution in [2.24, 2.45) is 0 Å². The van der Waals surface area contributed by atoms with E-state index in [1.54, 1.807) is 11.3 Å². The lowest BCUT2D eigenvalue weighted by molar-refractivity contribution is 0.0954. The summed E-state index contributed by atoms with van der Waals surface area (Å²) in [6.07, 6.45) is 0.767. The van der Waals surface area contributed by atoms with E-state index < -0.39 is 0 Å². The van der Waals surface area contributed by atoms with Crippen LogP contribution in [0.15, 0.2) is 28.1 Å². The number of carbonyl (C=O) groups excluding carboxylic acids is 1. The quantitative estimate of drug-likeness (QED) is 0.926. The van der Waals surface area contributed by atoms with Crippen molar-refractivity contribution in [3.63, 3.8) is 0 Å². The fourth-order valence-electron chi connectivity index (χ4n) is 1.66. The molecular formula is C14H15BrN2OS. The second-order valence-electron chi connectivity index (χ2n) is 4.33. The summed E-state index contributed by atoms with van der Waals surface area (Å²) >= 11 is 5.07. The van der Waals surface area contributed by atoms with Crippen molar-refractivity contribution >= 4 is 33.2 Å². The molecule has 19 heavy (non-hydrogen) atoms. The molecule has 3 nitrogen and oxygen atoms in total. The van der Waals surface area contributed by atoms with Gasteiger partial charge in [0.2, 0.25) is 0 Å². The molecule has 1 aromatic carbocycles. The Kier molecular flexibility index (Phi) is 4.71. The van der Waals surface area contributed by atoms with Crippen LogP contribution in [-0.4, -0.2) is 17.4 Å². The van der Waals surface area contributed by atoms with E-state index in [-0.39, 0.29) is 5.91 Å². The maximum absolute atomic E-state index is 12.0. The van der Waals surface area contributed by atoms with E-state index in [1.807, 2.05) is 37.4 Å². The second kappa shape index (κ2) is 6.30. The van der Waals surface area contributed by atoms with E-state index in [2.05, 4.69) is 26.2 Å². The Balaban J connectivity index is 1.89. The van der Waals surface area contributed by atoms with E-state index in [0.717, 1.165) is 27.2 Å². The molecular weight excluding hydrogens is 324 g/mol. The first-order valence-corrected chi connectivity index (χ1v) is 7.69. The topological polar surface area (TPSA) is 42.0 Å². The number of hydrogen-bond acceptors (Lipinski definition) is 3. The van der Waals surface area contributed by atoms with Gasteiger partial charge in [-0.05, 0) is 31.5 Å². The first-order chi connectivity index (χ1) is 9.06. The third kappa shape index (κ3) is 3.88. The predicted molar refractivity (Wildman–Crippen MR) is 81.8 cm³/mol. The standard InChI is InChI=1S/C14H15BrN2OS/c1-9-3-4-11(7-13(9)15)14(18)16-6-5-12-8-19-10(2)17-12/h3-4,7-8H,5-6H2,1-2H3,(H,16,18). The number of halogens is 1. The van der Waals surface area contributed by atoms with Crippen molar-refractivity contribution in [3.05, 3.63) is 49.9 Å². The van der Waals surface area contributed by atoms with Crippen LogP contribution >= 0.6 is 27.3 Å². The van der Waals surface area contributed by atoms with Crippen molar-refractivity contribution in [2.45, 2.75) is 20.3 Å². The van der Waals surface area contributed by atoms with Gasteiger partial charge < -0.3 is 5.32 Å². The van der Waals surface area contributed by atoms with Crippen LogP contribution in [0.2, 0.25) is 0 Å². The SMILES string of the molecule is Cc1nc(CCNC(=O)c2ccc(C)c(Br)c2)cs1. The van der Waals surface area contributed by atoms with Crippen LogP contribution in [0.3, 0.4) is 0 Å². The van der Waals surface area contributed by atoms with E-state index in [1.165, 1.54) is 0 Å². The largest absolute Gasteiger partial charge is 0.352 e. The predicted octanol–water partition coefficient (Wildman–Crippen LogP) is 3.49. The molecule has 0 aliphatic carbocycles. The van der Waals surface area contributed by atoms with Crippen molar-refractivity contribution in [1.29, 1.82) is 0 Å². The van der Waals surface area contributed by atoms with Gasteiger partial charge in [-0.3, -0.25) is 4.79 Å². The zero-order chi connectivity index (χ0) is 13.8. The van der Waals surface area contributed by atoms with Crippen LogP contribution in [0.1, 0.15) is 26.6 Å². The molecule has 0 radical (unpaired) electrons. The summed E-state index contributed by atoms with van der Waals surface area (Å²) in [6, 6.07) is 5.61. The molecule has 1 aromatic heterocycles. The van der Waals surface area contributed by atoms with Gasteiger partial charge >= 0.3 is 0 Å². The van der Waals surface area contributed by atoms with Gasteiger partial charge in [-0.15, -0.1) is 11.3 Å². The second-order valence-corrected chi connectivity index (χ2v) is 6.24. The maximum atomic E-state index is 12.0. The number of aryl methyl sites for hydroxylation is 2. The van der Waals surface area contributed by atoms with Crippen molar-refractivity contribution in [2.75, 3.05) is 6.54 Å². The van der Waals surface area contributed by atoms with Crippen molar-refractivity contribution < 1.29 is 4.79 Å². The van der Waals surface area contributed by atoms with Gasteiger partial charge in [0, 0.05) is 28.4 Å². The Hall–Kier alpha value is -1.20. The number of benzene rings is 1. The van der Waals surface area contributed by atoms with Gasteiger partial charge in [0.05, 0.1) is 10.7 Å². The molecule has 1 amide bonds. The Morgan fingerprint density at radius 2 is 2.21 bits per heavy atom. The average molecular weight is 339 g/mol. The molecule has 100 valence electrons. The van der Waals surface area contributed by atoms with E-state index in [0.29, 0.717) is 12.1 Å². The zero-order valence-corrected chi connectivity index (χ0v) is 13.3. The zero-order valence-electron chi connectivity index (χ0n) is 10.9.